The molecule has 0 amide bonds. The molecule has 1 atom stereocenters. The van der Waals surface area contributed by atoms with E-state index in [2.05, 4.69) is 0 Å². The van der Waals surface area contributed by atoms with Gasteiger partial charge in [-0.05, 0) is 59.7 Å². The van der Waals surface area contributed by atoms with E-state index in [1.54, 1.807) is 66.8 Å². The largest absolute Gasteiger partial charge is 0.491 e. The van der Waals surface area contributed by atoms with Crippen LogP contribution in [0.25, 0.3) is 12.2 Å². The van der Waals surface area contributed by atoms with Crippen LogP contribution in [0.1, 0.15) is 31.8 Å². The molecule has 0 aliphatic rings. The van der Waals surface area contributed by atoms with Gasteiger partial charge in [0.05, 0.1) is 0 Å². The maximum absolute atomic E-state index is 12.4. The molecule has 1 N–H and O–H groups in total. The molecule has 0 spiro atoms. The van der Waals surface area contributed by atoms with Gasteiger partial charge >= 0.3 is 0 Å². The fourth-order valence-corrected chi connectivity index (χ4v) is 3.53. The van der Waals surface area contributed by atoms with Crippen molar-refractivity contribution in [1.82, 2.24) is 0 Å². The summed E-state index contributed by atoms with van der Waals surface area (Å²) in [6.07, 6.45) is 5.77. The highest BCUT2D eigenvalue weighted by Gasteiger charge is 2.08. The zero-order valence-electron chi connectivity index (χ0n) is 20.8. The zero-order valence-corrected chi connectivity index (χ0v) is 20.8. The third-order valence-corrected chi connectivity index (χ3v) is 5.62. The smallest absolute Gasteiger partial charge is 0.185 e. The summed E-state index contributed by atoms with van der Waals surface area (Å²) in [5.74, 6) is 0.990. The van der Waals surface area contributed by atoms with Crippen molar-refractivity contribution in [3.05, 3.63) is 144 Å². The number of benzene rings is 4. The molecule has 4 aromatic rings. The first-order valence-electron chi connectivity index (χ1n) is 12.3. The summed E-state index contributed by atoms with van der Waals surface area (Å²) in [7, 11) is 0. The van der Waals surface area contributed by atoms with Gasteiger partial charge in [-0.25, -0.2) is 0 Å². The van der Waals surface area contributed by atoms with Gasteiger partial charge in [-0.2, -0.15) is 0 Å². The molecular formula is C33H28O5. The second-order valence-corrected chi connectivity index (χ2v) is 8.54. The highest BCUT2D eigenvalue weighted by Crippen LogP contribution is 2.16. The summed E-state index contributed by atoms with van der Waals surface area (Å²) in [5, 5.41) is 10.2. The van der Waals surface area contributed by atoms with Gasteiger partial charge < -0.3 is 14.6 Å². The molecule has 0 aliphatic heterocycles. The Morgan fingerprint density at radius 1 is 0.579 bits per heavy atom. The molecule has 190 valence electrons. The molecule has 5 heteroatoms. The molecule has 4 aromatic carbocycles. The Bertz CT molecular complexity index is 1370. The third-order valence-electron chi connectivity index (χ3n) is 5.62. The van der Waals surface area contributed by atoms with Crippen LogP contribution in [0.2, 0.25) is 0 Å². The quantitative estimate of drug-likeness (QED) is 0.181. The van der Waals surface area contributed by atoms with Crippen LogP contribution < -0.4 is 9.47 Å². The van der Waals surface area contributed by atoms with Crippen molar-refractivity contribution in [1.29, 1.82) is 0 Å². The maximum Gasteiger partial charge on any atom is 0.185 e. The average Bonchev–Trinajstić information content (AvgIpc) is 2.98. The van der Waals surface area contributed by atoms with Crippen LogP contribution in [-0.4, -0.2) is 36.0 Å². The second kappa shape index (κ2) is 13.5. The van der Waals surface area contributed by atoms with E-state index >= 15 is 0 Å². The van der Waals surface area contributed by atoms with Crippen LogP contribution in [0.5, 0.6) is 11.5 Å². The van der Waals surface area contributed by atoms with Gasteiger partial charge in [-0.3, -0.25) is 9.59 Å². The van der Waals surface area contributed by atoms with Crippen molar-refractivity contribution in [3.63, 3.8) is 0 Å². The Morgan fingerprint density at radius 3 is 1.53 bits per heavy atom. The van der Waals surface area contributed by atoms with Crippen LogP contribution in [0.15, 0.2) is 121 Å². The van der Waals surface area contributed by atoms with Crippen LogP contribution in [0.3, 0.4) is 0 Å². The Balaban J connectivity index is 1.19. The van der Waals surface area contributed by atoms with E-state index in [0.717, 1.165) is 11.1 Å². The van der Waals surface area contributed by atoms with Gasteiger partial charge in [0.15, 0.2) is 11.6 Å². The van der Waals surface area contributed by atoms with E-state index < -0.39 is 6.10 Å². The fourth-order valence-electron chi connectivity index (χ4n) is 3.53. The summed E-state index contributed by atoms with van der Waals surface area (Å²) < 4.78 is 11.3. The number of allylic oxidation sites excluding steroid dienone is 2. The van der Waals surface area contributed by atoms with Crippen molar-refractivity contribution in [2.75, 3.05) is 13.2 Å². The Hall–Kier alpha value is -4.74. The first-order valence-corrected chi connectivity index (χ1v) is 12.3. The lowest BCUT2D eigenvalue weighted by molar-refractivity contribution is 0.0626. The van der Waals surface area contributed by atoms with E-state index in [-0.39, 0.29) is 24.8 Å². The molecule has 0 aromatic heterocycles. The van der Waals surface area contributed by atoms with Crippen molar-refractivity contribution in [2.45, 2.75) is 6.10 Å². The van der Waals surface area contributed by atoms with Crippen LogP contribution in [-0.2, 0) is 0 Å². The predicted molar refractivity (Wildman–Crippen MR) is 149 cm³/mol. The summed E-state index contributed by atoms with van der Waals surface area (Å²) >= 11 is 0. The van der Waals surface area contributed by atoms with Gasteiger partial charge in [0, 0.05) is 11.1 Å². The molecular weight excluding hydrogens is 476 g/mol. The van der Waals surface area contributed by atoms with Crippen molar-refractivity contribution >= 4 is 23.7 Å². The predicted octanol–water partition coefficient (Wildman–Crippen LogP) is 6.30. The number of aliphatic hydroxyl groups is 1. The van der Waals surface area contributed by atoms with E-state index in [9.17, 15) is 14.7 Å². The first kappa shape index (κ1) is 26.3. The monoisotopic (exact) mass is 504 g/mol. The lowest BCUT2D eigenvalue weighted by Crippen LogP contribution is -2.25. The number of rotatable bonds is 12. The molecule has 0 aliphatic carbocycles. The summed E-state index contributed by atoms with van der Waals surface area (Å²) in [6.45, 7) is 0.103. The minimum atomic E-state index is -0.840. The first-order chi connectivity index (χ1) is 18.6. The van der Waals surface area contributed by atoms with E-state index in [1.165, 1.54) is 6.08 Å². The fraction of sp³-hybridized carbons (Fsp3) is 0.0909. The van der Waals surface area contributed by atoms with Crippen LogP contribution >= 0.6 is 0 Å². The van der Waals surface area contributed by atoms with E-state index in [1.807, 2.05) is 60.7 Å². The molecule has 5 nitrogen and oxygen atoms in total. The topological polar surface area (TPSA) is 72.8 Å². The SMILES string of the molecule is O=C(C=Cc1ccc(OCC(O)COc2ccc(C(=O)C=Cc3ccccc3)cc2)cc1)c1ccccc1. The van der Waals surface area contributed by atoms with Crippen LogP contribution in [0, 0.1) is 0 Å². The molecule has 4 rings (SSSR count). The Labute approximate surface area is 222 Å². The van der Waals surface area contributed by atoms with Gasteiger partial charge in [0.25, 0.3) is 0 Å². The molecule has 0 bridgehead atoms. The zero-order chi connectivity index (χ0) is 26.6. The highest BCUT2D eigenvalue weighted by atomic mass is 16.5. The minimum absolute atomic E-state index is 0.0453. The summed E-state index contributed by atoms with van der Waals surface area (Å²) in [5.41, 5.74) is 3.01. The lowest BCUT2D eigenvalue weighted by Gasteiger charge is -2.14. The lowest BCUT2D eigenvalue weighted by atomic mass is 10.1. The number of carbonyl (C=O) groups excluding carboxylic acids is 2. The summed E-state index contributed by atoms with van der Waals surface area (Å²) in [4.78, 5) is 24.5. The average molecular weight is 505 g/mol. The maximum atomic E-state index is 12.4. The number of ketones is 2. The van der Waals surface area contributed by atoms with E-state index in [4.69, 9.17) is 9.47 Å². The number of hydrogen-bond donors (Lipinski definition) is 1. The van der Waals surface area contributed by atoms with Crippen molar-refractivity contribution in [3.8, 4) is 11.5 Å². The van der Waals surface area contributed by atoms with Crippen molar-refractivity contribution in [2.24, 2.45) is 0 Å². The normalized spacial score (nSPS) is 11.9. The van der Waals surface area contributed by atoms with Gasteiger partial charge in [0.2, 0.25) is 0 Å². The Morgan fingerprint density at radius 2 is 1.00 bits per heavy atom. The molecule has 0 radical (unpaired) electrons. The highest BCUT2D eigenvalue weighted by molar-refractivity contribution is 6.07. The number of ether oxygens (including phenoxy) is 2. The second-order valence-electron chi connectivity index (χ2n) is 8.54. The standard InChI is InChI=1S/C33H28O5/c34-29(23-37-30-17-11-26(12-18-30)14-22-32(35)27-9-5-2-6-10-27)24-38-31-19-15-28(16-20-31)33(36)21-13-25-7-3-1-4-8-25/h1-22,29,34H,23-24H2. The molecule has 0 saturated carbocycles. The number of aliphatic hydroxyl groups excluding tert-OH is 1. The number of carbonyl (C=O) groups is 2. The van der Waals surface area contributed by atoms with Gasteiger partial charge in [-0.15, -0.1) is 0 Å². The third kappa shape index (κ3) is 8.15. The summed E-state index contributed by atoms with van der Waals surface area (Å²) in [6, 6.07) is 32.7. The Kier molecular flexibility index (Phi) is 9.38. The molecule has 1 unspecified atom stereocenters. The molecule has 0 heterocycles. The van der Waals surface area contributed by atoms with Crippen molar-refractivity contribution < 1.29 is 24.2 Å². The molecule has 38 heavy (non-hydrogen) atoms. The minimum Gasteiger partial charge on any atom is -0.491 e. The molecule has 0 saturated heterocycles. The molecule has 0 fully saturated rings. The van der Waals surface area contributed by atoms with Gasteiger partial charge in [-0.1, -0.05) is 84.9 Å². The van der Waals surface area contributed by atoms with Gasteiger partial charge in [0.1, 0.15) is 30.8 Å². The van der Waals surface area contributed by atoms with E-state index in [0.29, 0.717) is 22.6 Å². The number of hydrogen-bond acceptors (Lipinski definition) is 5. The van der Waals surface area contributed by atoms with Crippen LogP contribution in [0.4, 0.5) is 0 Å².